The van der Waals surface area contributed by atoms with Gasteiger partial charge in [-0.15, -0.1) is 0 Å². The van der Waals surface area contributed by atoms with Gasteiger partial charge < -0.3 is 15.8 Å². The fourth-order valence-corrected chi connectivity index (χ4v) is 2.19. The average molecular weight is 398 g/mol. The molecule has 2 rings (SSSR count). The third kappa shape index (κ3) is 4.62. The van der Waals surface area contributed by atoms with Gasteiger partial charge in [0.1, 0.15) is 0 Å². The molecule has 0 aliphatic heterocycles. The Balaban J connectivity index is 2.07. The average Bonchev–Trinajstić information content (AvgIpc) is 2.58. The van der Waals surface area contributed by atoms with E-state index < -0.39 is 22.9 Å². The first-order valence-electron chi connectivity index (χ1n) is 7.20. The third-order valence-corrected chi connectivity index (χ3v) is 3.98. The second-order valence-corrected chi connectivity index (χ2v) is 6.01. The van der Waals surface area contributed by atoms with E-state index >= 15 is 0 Å². The topological polar surface area (TPSA) is 125 Å². The number of nitrogens with zero attached hydrogens (tertiary/aromatic N) is 1. The minimum atomic E-state index is -1.19. The normalized spacial score (nSPS) is 11.5. The molecule has 0 saturated heterocycles. The highest BCUT2D eigenvalue weighted by Gasteiger charge is 2.21. The summed E-state index contributed by atoms with van der Waals surface area (Å²) in [4.78, 5) is 34.4. The number of carbonyl (C=O) groups is 2. The number of esters is 1. The maximum absolute atomic E-state index is 12.2. The van der Waals surface area contributed by atoms with Crippen molar-refractivity contribution in [1.29, 1.82) is 0 Å². The number of anilines is 2. The summed E-state index contributed by atoms with van der Waals surface area (Å²) in [5.74, 6) is -1.48. The number of non-ortho nitro benzene ring substituents is 1. The molecule has 0 aliphatic carbocycles. The van der Waals surface area contributed by atoms with E-state index in [0.717, 1.165) is 6.07 Å². The summed E-state index contributed by atoms with van der Waals surface area (Å²) in [5.41, 5.74) is 5.73. The molecule has 136 valence electrons. The molecule has 1 atom stereocenters. The minimum absolute atomic E-state index is 0.0319. The Bertz CT molecular complexity index is 888. The molecule has 0 unspecified atom stereocenters. The Hall–Kier alpha value is -2.84. The predicted octanol–water partition coefficient (Wildman–Crippen LogP) is 3.67. The van der Waals surface area contributed by atoms with Crippen molar-refractivity contribution in [2.45, 2.75) is 13.0 Å². The molecule has 2 aromatic rings. The van der Waals surface area contributed by atoms with Crippen LogP contribution < -0.4 is 11.1 Å². The van der Waals surface area contributed by atoms with Crippen LogP contribution in [0.25, 0.3) is 0 Å². The molecular formula is C16H13Cl2N3O5. The molecule has 0 aliphatic rings. The SMILES string of the molecule is C[C@H](OC(=O)c1ccc(Cl)c(N)c1)C(=O)Nc1cc([N+](=O)[O-])ccc1Cl. The minimum Gasteiger partial charge on any atom is -0.449 e. The Morgan fingerprint density at radius 3 is 2.46 bits per heavy atom. The zero-order valence-electron chi connectivity index (χ0n) is 13.4. The number of nitrogens with one attached hydrogen (secondary N) is 1. The van der Waals surface area contributed by atoms with Crippen molar-refractivity contribution in [2.75, 3.05) is 11.1 Å². The van der Waals surface area contributed by atoms with E-state index in [4.69, 9.17) is 33.7 Å². The zero-order chi connectivity index (χ0) is 19.4. The van der Waals surface area contributed by atoms with Gasteiger partial charge in [-0.2, -0.15) is 0 Å². The first-order chi connectivity index (χ1) is 12.2. The molecule has 0 aromatic heterocycles. The van der Waals surface area contributed by atoms with Gasteiger partial charge in [-0.1, -0.05) is 23.2 Å². The fourth-order valence-electron chi connectivity index (χ4n) is 1.91. The second kappa shape index (κ2) is 8.03. The third-order valence-electron chi connectivity index (χ3n) is 3.30. The zero-order valence-corrected chi connectivity index (χ0v) is 14.9. The van der Waals surface area contributed by atoms with Crippen LogP contribution >= 0.6 is 23.2 Å². The molecule has 1 amide bonds. The van der Waals surface area contributed by atoms with Crippen molar-refractivity contribution < 1.29 is 19.2 Å². The smallest absolute Gasteiger partial charge is 0.338 e. The molecule has 0 saturated carbocycles. The molecule has 0 heterocycles. The molecule has 8 nitrogen and oxygen atoms in total. The van der Waals surface area contributed by atoms with Crippen LogP contribution in [0, 0.1) is 10.1 Å². The van der Waals surface area contributed by atoms with Gasteiger partial charge in [0, 0.05) is 12.1 Å². The second-order valence-electron chi connectivity index (χ2n) is 5.19. The van der Waals surface area contributed by atoms with Gasteiger partial charge in [0.25, 0.3) is 11.6 Å². The van der Waals surface area contributed by atoms with Crippen molar-refractivity contribution in [1.82, 2.24) is 0 Å². The molecule has 26 heavy (non-hydrogen) atoms. The number of hydrogen-bond acceptors (Lipinski definition) is 6. The number of ether oxygens (including phenoxy) is 1. The summed E-state index contributed by atoms with van der Waals surface area (Å²) >= 11 is 11.7. The van der Waals surface area contributed by atoms with E-state index in [2.05, 4.69) is 5.32 Å². The number of amides is 1. The van der Waals surface area contributed by atoms with E-state index in [1.807, 2.05) is 0 Å². The standard InChI is InChI=1S/C16H13Cl2N3O5/c1-8(26-16(23)9-2-4-11(17)13(19)6-9)15(22)20-14-7-10(21(24)25)3-5-12(14)18/h2-8H,19H2,1H3,(H,20,22)/t8-/m0/s1. The molecule has 0 fully saturated rings. The molecule has 2 aromatic carbocycles. The Morgan fingerprint density at radius 2 is 1.85 bits per heavy atom. The van der Waals surface area contributed by atoms with Gasteiger partial charge in [-0.05, 0) is 31.2 Å². The van der Waals surface area contributed by atoms with Crippen molar-refractivity contribution >= 4 is 52.1 Å². The number of halogens is 2. The highest BCUT2D eigenvalue weighted by Crippen LogP contribution is 2.27. The van der Waals surface area contributed by atoms with Crippen molar-refractivity contribution in [3.8, 4) is 0 Å². The first kappa shape index (κ1) is 19.5. The highest BCUT2D eigenvalue weighted by molar-refractivity contribution is 6.34. The first-order valence-corrected chi connectivity index (χ1v) is 7.95. The molecular weight excluding hydrogens is 385 g/mol. The molecule has 3 N–H and O–H groups in total. The van der Waals surface area contributed by atoms with Crippen molar-refractivity contribution in [2.24, 2.45) is 0 Å². The number of rotatable bonds is 5. The number of carbonyl (C=O) groups excluding carboxylic acids is 2. The van der Waals surface area contributed by atoms with Crippen molar-refractivity contribution in [3.63, 3.8) is 0 Å². The van der Waals surface area contributed by atoms with Gasteiger partial charge in [0.15, 0.2) is 6.10 Å². The van der Waals surface area contributed by atoms with Crippen LogP contribution in [0.15, 0.2) is 36.4 Å². The van der Waals surface area contributed by atoms with E-state index in [1.165, 1.54) is 37.3 Å². The summed E-state index contributed by atoms with van der Waals surface area (Å²) in [6, 6.07) is 7.75. The van der Waals surface area contributed by atoms with Gasteiger partial charge in [-0.25, -0.2) is 4.79 Å². The van der Waals surface area contributed by atoms with E-state index in [1.54, 1.807) is 0 Å². The number of benzene rings is 2. The molecule has 10 heteroatoms. The summed E-state index contributed by atoms with van der Waals surface area (Å²) in [7, 11) is 0. The van der Waals surface area contributed by atoms with Gasteiger partial charge in [-0.3, -0.25) is 14.9 Å². The van der Waals surface area contributed by atoms with Crippen LogP contribution in [0.4, 0.5) is 17.1 Å². The van der Waals surface area contributed by atoms with Gasteiger partial charge in [0.05, 0.1) is 31.9 Å². The lowest BCUT2D eigenvalue weighted by Crippen LogP contribution is -2.30. The van der Waals surface area contributed by atoms with Crippen LogP contribution in [0.1, 0.15) is 17.3 Å². The number of nitrogen functional groups attached to an aromatic ring is 1. The summed E-state index contributed by atoms with van der Waals surface area (Å²) < 4.78 is 5.06. The Labute approximate surface area is 158 Å². The number of nitro benzene ring substituents is 1. The number of nitro groups is 1. The quantitative estimate of drug-likeness (QED) is 0.343. The maximum atomic E-state index is 12.2. The molecule has 0 spiro atoms. The summed E-state index contributed by atoms with van der Waals surface area (Å²) in [5, 5.41) is 13.6. The lowest BCUT2D eigenvalue weighted by atomic mass is 10.2. The Kier molecular flexibility index (Phi) is 6.01. The van der Waals surface area contributed by atoms with Crippen molar-refractivity contribution in [3.05, 3.63) is 62.1 Å². The van der Waals surface area contributed by atoms with Crippen LogP contribution in [-0.2, 0) is 9.53 Å². The maximum Gasteiger partial charge on any atom is 0.338 e. The predicted molar refractivity (Wildman–Crippen MR) is 97.5 cm³/mol. The molecule has 0 radical (unpaired) electrons. The van der Waals surface area contributed by atoms with Crippen LogP contribution in [0.5, 0.6) is 0 Å². The summed E-state index contributed by atoms with van der Waals surface area (Å²) in [6.45, 7) is 1.35. The highest BCUT2D eigenvalue weighted by atomic mass is 35.5. The number of nitrogens with two attached hydrogens (primary N) is 1. The van der Waals surface area contributed by atoms with E-state index in [-0.39, 0.29) is 32.7 Å². The van der Waals surface area contributed by atoms with E-state index in [0.29, 0.717) is 0 Å². The van der Waals surface area contributed by atoms with Crippen LogP contribution in [-0.4, -0.2) is 22.9 Å². The van der Waals surface area contributed by atoms with Crippen LogP contribution in [0.2, 0.25) is 10.0 Å². The van der Waals surface area contributed by atoms with Gasteiger partial charge >= 0.3 is 5.97 Å². The lowest BCUT2D eigenvalue weighted by molar-refractivity contribution is -0.384. The largest absolute Gasteiger partial charge is 0.449 e. The van der Waals surface area contributed by atoms with E-state index in [9.17, 15) is 19.7 Å². The lowest BCUT2D eigenvalue weighted by Gasteiger charge is -2.14. The fraction of sp³-hybridized carbons (Fsp3) is 0.125. The number of hydrogen-bond donors (Lipinski definition) is 2. The van der Waals surface area contributed by atoms with Crippen LogP contribution in [0.3, 0.4) is 0 Å². The summed E-state index contributed by atoms with van der Waals surface area (Å²) in [6.07, 6.45) is -1.19. The molecule has 0 bridgehead atoms. The monoisotopic (exact) mass is 397 g/mol. The van der Waals surface area contributed by atoms with Gasteiger partial charge in [0.2, 0.25) is 0 Å². The Morgan fingerprint density at radius 1 is 1.19 bits per heavy atom.